The molecule has 1 amide bonds. The number of rotatable bonds is 13. The van der Waals surface area contributed by atoms with Crippen LogP contribution in [0.15, 0.2) is 11.6 Å². The molecule has 3 fully saturated rings. The van der Waals surface area contributed by atoms with Crippen molar-refractivity contribution in [3.63, 3.8) is 0 Å². The van der Waals surface area contributed by atoms with Crippen LogP contribution in [-0.2, 0) is 14.3 Å². The summed E-state index contributed by atoms with van der Waals surface area (Å²) >= 11 is 1.44. The van der Waals surface area contributed by atoms with Gasteiger partial charge in [-0.1, -0.05) is 86.3 Å². The van der Waals surface area contributed by atoms with Crippen molar-refractivity contribution in [3.05, 3.63) is 11.6 Å². The first-order valence-electron chi connectivity index (χ1n) is 18.4. The molecule has 5 nitrogen and oxygen atoms in total. The molecule has 4 unspecified atom stereocenters. The average Bonchev–Trinajstić information content (AvgIpc) is 3.29. The summed E-state index contributed by atoms with van der Waals surface area (Å²) in [6.07, 6.45) is 16.5. The molecule has 0 aromatic rings. The third-order valence-electron chi connectivity index (χ3n) is 13.8. The Morgan fingerprint density at radius 1 is 1.02 bits per heavy atom. The minimum absolute atomic E-state index is 0.0322. The molecule has 0 bridgehead atoms. The van der Waals surface area contributed by atoms with Crippen LogP contribution in [0.25, 0.3) is 0 Å². The summed E-state index contributed by atoms with van der Waals surface area (Å²) in [4.78, 5) is 25.1. The first-order valence-corrected chi connectivity index (χ1v) is 19.6. The zero-order chi connectivity index (χ0) is 33.4. The van der Waals surface area contributed by atoms with E-state index in [-0.39, 0.29) is 40.1 Å². The Bertz CT molecular complexity index is 1080. The van der Waals surface area contributed by atoms with Crippen LogP contribution in [0.2, 0.25) is 0 Å². The van der Waals surface area contributed by atoms with Crippen molar-refractivity contribution in [3.8, 4) is 0 Å². The van der Waals surface area contributed by atoms with E-state index in [1.807, 2.05) is 0 Å². The minimum Gasteiger partial charge on any atom is -0.461 e. The maximum atomic E-state index is 12.9. The van der Waals surface area contributed by atoms with E-state index in [0.29, 0.717) is 11.2 Å². The van der Waals surface area contributed by atoms with Gasteiger partial charge < -0.3 is 10.5 Å². The van der Waals surface area contributed by atoms with Crippen molar-refractivity contribution in [2.75, 3.05) is 11.5 Å². The van der Waals surface area contributed by atoms with Crippen molar-refractivity contribution in [1.29, 1.82) is 0 Å². The second-order valence-corrected chi connectivity index (χ2v) is 19.2. The second-order valence-electron chi connectivity index (χ2n) is 18.1. The zero-order valence-electron chi connectivity index (χ0n) is 30.6. The van der Waals surface area contributed by atoms with E-state index in [1.54, 1.807) is 5.57 Å². The SMILES string of the molecule is CC(C)CCC[C@@H](C)C1CCC2[C@@H]3CC=C4CC(OC(=O)CSC[C@H](NC(C)(C)C(C)(C)C)C(N)=O)CC[C@]4(C)C3CC[C@@]21C. The zero-order valence-corrected chi connectivity index (χ0v) is 31.4. The highest BCUT2D eigenvalue weighted by Crippen LogP contribution is 2.67. The molecule has 4 aliphatic rings. The lowest BCUT2D eigenvalue weighted by molar-refractivity contribution is -0.148. The summed E-state index contributed by atoms with van der Waals surface area (Å²) in [5, 5.41) is 3.43. The van der Waals surface area contributed by atoms with E-state index in [4.69, 9.17) is 10.5 Å². The Kier molecular flexibility index (Phi) is 11.6. The molecule has 3 N–H and O–H groups in total. The fourth-order valence-electron chi connectivity index (χ4n) is 10.1. The summed E-state index contributed by atoms with van der Waals surface area (Å²) in [6, 6.07) is -0.492. The number of amides is 1. The highest BCUT2D eigenvalue weighted by atomic mass is 32.2. The van der Waals surface area contributed by atoms with Crippen LogP contribution >= 0.6 is 11.8 Å². The predicted molar refractivity (Wildman–Crippen MR) is 190 cm³/mol. The summed E-state index contributed by atoms with van der Waals surface area (Å²) in [5.41, 5.74) is 7.71. The Balaban J connectivity index is 1.30. The van der Waals surface area contributed by atoms with Crippen LogP contribution in [0, 0.1) is 51.8 Å². The Hall–Kier alpha value is -1.01. The molecule has 4 rings (SSSR count). The van der Waals surface area contributed by atoms with Crippen molar-refractivity contribution >= 4 is 23.6 Å². The van der Waals surface area contributed by atoms with Gasteiger partial charge in [-0.2, -0.15) is 0 Å². The van der Waals surface area contributed by atoms with Crippen molar-refractivity contribution in [2.24, 2.45) is 57.5 Å². The van der Waals surface area contributed by atoms with Gasteiger partial charge >= 0.3 is 5.97 Å². The fourth-order valence-corrected chi connectivity index (χ4v) is 10.9. The van der Waals surface area contributed by atoms with Crippen molar-refractivity contribution < 1.29 is 14.3 Å². The lowest BCUT2D eigenvalue weighted by Crippen LogP contribution is -2.58. The molecular formula is C39H68N2O3S. The van der Waals surface area contributed by atoms with E-state index in [1.165, 1.54) is 63.1 Å². The molecular weight excluding hydrogens is 577 g/mol. The third-order valence-corrected chi connectivity index (χ3v) is 14.8. The first-order chi connectivity index (χ1) is 20.9. The first kappa shape index (κ1) is 36.8. The molecule has 0 aliphatic heterocycles. The van der Waals surface area contributed by atoms with Gasteiger partial charge in [-0.05, 0) is 111 Å². The van der Waals surface area contributed by atoms with E-state index in [0.717, 1.165) is 54.8 Å². The molecule has 0 saturated heterocycles. The number of esters is 1. The number of nitrogens with two attached hydrogens (primary N) is 1. The van der Waals surface area contributed by atoms with Gasteiger partial charge in [0.05, 0.1) is 11.8 Å². The fraction of sp³-hybridized carbons (Fsp3) is 0.897. The molecule has 0 radical (unpaired) electrons. The number of primary amides is 1. The molecule has 3 saturated carbocycles. The predicted octanol–water partition coefficient (Wildman–Crippen LogP) is 8.94. The van der Waals surface area contributed by atoms with E-state index in [9.17, 15) is 9.59 Å². The summed E-state index contributed by atoms with van der Waals surface area (Å²) in [5.74, 6) is 5.15. The van der Waals surface area contributed by atoms with Crippen molar-refractivity contribution in [2.45, 2.75) is 158 Å². The normalized spacial score (nSPS) is 34.7. The van der Waals surface area contributed by atoms with Gasteiger partial charge in [-0.25, -0.2) is 0 Å². The van der Waals surface area contributed by atoms with E-state index < -0.39 is 6.04 Å². The summed E-state index contributed by atoms with van der Waals surface area (Å²) in [7, 11) is 0. The van der Waals surface area contributed by atoms with Gasteiger partial charge in [0.15, 0.2) is 0 Å². The number of hydrogen-bond acceptors (Lipinski definition) is 5. The molecule has 9 atom stereocenters. The highest BCUT2D eigenvalue weighted by molar-refractivity contribution is 8.00. The Morgan fingerprint density at radius 3 is 2.38 bits per heavy atom. The standard InChI is InChI=1S/C39H68N2O3S/c1-25(2)12-11-13-26(3)30-16-17-31-29-15-14-27-22-28(18-20-38(27,9)32(29)19-21-39(30,31)10)44-34(42)24-45-23-33(35(40)43)41-37(7,8)36(4,5)6/h14,25-26,28-33,41H,11-13,15-24H2,1-10H3,(H2,40,43)/t26-,28?,29+,30?,31?,32?,33+,38+,39-/m1/s1. The average molecular weight is 645 g/mol. The number of carbonyl (C=O) groups is 2. The second kappa shape index (κ2) is 14.2. The molecule has 6 heteroatoms. The Morgan fingerprint density at radius 2 is 1.73 bits per heavy atom. The summed E-state index contributed by atoms with van der Waals surface area (Å²) < 4.78 is 6.05. The molecule has 4 aliphatic carbocycles. The summed E-state index contributed by atoms with van der Waals surface area (Å²) in [6.45, 7) is 23.1. The van der Waals surface area contributed by atoms with Crippen molar-refractivity contribution in [1.82, 2.24) is 5.32 Å². The maximum Gasteiger partial charge on any atom is 0.316 e. The molecule has 45 heavy (non-hydrogen) atoms. The molecule has 0 spiro atoms. The smallest absolute Gasteiger partial charge is 0.316 e. The molecule has 0 heterocycles. The van der Waals surface area contributed by atoms with Gasteiger partial charge in [0.1, 0.15) is 6.10 Å². The van der Waals surface area contributed by atoms with Crippen LogP contribution in [0.1, 0.15) is 140 Å². The number of hydrogen-bond donors (Lipinski definition) is 2. The number of ether oxygens (including phenoxy) is 1. The maximum absolute atomic E-state index is 12.9. The van der Waals surface area contributed by atoms with Crippen LogP contribution in [0.5, 0.6) is 0 Å². The number of allylic oxidation sites excluding steroid dienone is 1. The van der Waals surface area contributed by atoms with Gasteiger partial charge in [0.2, 0.25) is 5.91 Å². The van der Waals surface area contributed by atoms with Crippen LogP contribution in [-0.4, -0.2) is 41.1 Å². The monoisotopic (exact) mass is 644 g/mol. The molecule has 0 aromatic carbocycles. The lowest BCUT2D eigenvalue weighted by atomic mass is 9.47. The van der Waals surface area contributed by atoms with Crippen LogP contribution in [0.3, 0.4) is 0 Å². The number of thioether (sulfide) groups is 1. The molecule has 0 aromatic heterocycles. The third kappa shape index (κ3) is 8.01. The topological polar surface area (TPSA) is 81.4 Å². The van der Waals surface area contributed by atoms with Gasteiger partial charge in [0, 0.05) is 17.7 Å². The largest absolute Gasteiger partial charge is 0.461 e. The molecule has 258 valence electrons. The number of carbonyl (C=O) groups excluding carboxylic acids is 2. The van der Waals surface area contributed by atoms with E-state index in [2.05, 4.69) is 80.6 Å². The van der Waals surface area contributed by atoms with Crippen LogP contribution in [0.4, 0.5) is 0 Å². The minimum atomic E-state index is -0.492. The Labute approximate surface area is 280 Å². The van der Waals surface area contributed by atoms with Crippen LogP contribution < -0.4 is 11.1 Å². The highest BCUT2D eigenvalue weighted by Gasteiger charge is 2.59. The van der Waals surface area contributed by atoms with Gasteiger partial charge in [-0.3, -0.25) is 14.9 Å². The lowest BCUT2D eigenvalue weighted by Gasteiger charge is -2.58. The number of fused-ring (bicyclic) bond motifs is 5. The van der Waals surface area contributed by atoms with Gasteiger partial charge in [-0.15, -0.1) is 11.8 Å². The quantitative estimate of drug-likeness (QED) is 0.155. The number of nitrogens with one attached hydrogen (secondary N) is 1. The van der Waals surface area contributed by atoms with Gasteiger partial charge in [0.25, 0.3) is 0 Å². The van der Waals surface area contributed by atoms with E-state index >= 15 is 0 Å².